The van der Waals surface area contributed by atoms with Crippen molar-refractivity contribution in [2.24, 2.45) is 5.73 Å². The molecule has 0 amide bonds. The summed E-state index contributed by atoms with van der Waals surface area (Å²) in [5.74, 6) is -0.288. The summed E-state index contributed by atoms with van der Waals surface area (Å²) in [6.07, 6.45) is 3.45. The zero-order valence-corrected chi connectivity index (χ0v) is 10.8. The Kier molecular flexibility index (Phi) is 3.62. The van der Waals surface area contributed by atoms with Gasteiger partial charge in [0.05, 0.1) is 0 Å². The molecule has 2 nitrogen and oxygen atoms in total. The van der Waals surface area contributed by atoms with Crippen molar-refractivity contribution in [3.63, 3.8) is 0 Å². The van der Waals surface area contributed by atoms with Crippen LogP contribution in [-0.4, -0.2) is 17.6 Å². The molecular weight excluding hydrogens is 235 g/mol. The Morgan fingerprint density at radius 1 is 1.59 bits per heavy atom. The van der Waals surface area contributed by atoms with E-state index < -0.39 is 0 Å². The number of hydrogen-bond acceptors (Lipinski definition) is 2. The van der Waals surface area contributed by atoms with E-state index in [1.165, 1.54) is 25.0 Å². The second-order valence-electron chi connectivity index (χ2n) is 4.42. The van der Waals surface area contributed by atoms with Gasteiger partial charge >= 0.3 is 0 Å². The first kappa shape index (κ1) is 12.3. The maximum Gasteiger partial charge on any atom is 0.124 e. The highest BCUT2D eigenvalue weighted by atomic mass is 32.1. The Morgan fingerprint density at radius 2 is 2.35 bits per heavy atom. The molecule has 1 aromatic rings. The lowest BCUT2D eigenvalue weighted by Gasteiger charge is -2.28. The molecule has 0 radical (unpaired) electrons. The highest BCUT2D eigenvalue weighted by Gasteiger charge is 2.25. The molecule has 1 unspecified atom stereocenters. The van der Waals surface area contributed by atoms with E-state index in [4.69, 9.17) is 18.0 Å². The summed E-state index contributed by atoms with van der Waals surface area (Å²) in [6, 6.07) is 5.22. The first-order valence-electron chi connectivity index (χ1n) is 5.99. The molecule has 1 aliphatic heterocycles. The first-order valence-corrected chi connectivity index (χ1v) is 6.40. The lowest BCUT2D eigenvalue weighted by molar-refractivity contribution is 0.624. The molecule has 4 heteroatoms. The normalized spacial score (nSPS) is 19.6. The van der Waals surface area contributed by atoms with Gasteiger partial charge in [-0.2, -0.15) is 0 Å². The predicted octanol–water partition coefficient (Wildman–Crippen LogP) is 2.84. The third-order valence-corrected chi connectivity index (χ3v) is 3.60. The van der Waals surface area contributed by atoms with Crippen LogP contribution < -0.4 is 10.6 Å². The van der Waals surface area contributed by atoms with Crippen LogP contribution in [0, 0.1) is 5.82 Å². The first-order chi connectivity index (χ1) is 8.13. The fourth-order valence-corrected chi connectivity index (χ4v) is 2.70. The number of benzene rings is 1. The average molecular weight is 252 g/mol. The maximum atomic E-state index is 13.2. The Labute approximate surface area is 107 Å². The third kappa shape index (κ3) is 2.41. The van der Waals surface area contributed by atoms with Crippen LogP contribution >= 0.6 is 12.2 Å². The van der Waals surface area contributed by atoms with E-state index in [-0.39, 0.29) is 10.8 Å². The van der Waals surface area contributed by atoms with Gasteiger partial charge in [0.2, 0.25) is 0 Å². The standard InChI is InChI=1S/C13H17FN2S/c1-2-10-4-3-7-16(10)12-6-5-9(14)8-11(12)13(15)17/h5-6,8,10H,2-4,7H2,1H3,(H2,15,17). The van der Waals surface area contributed by atoms with Crippen molar-refractivity contribution in [2.75, 3.05) is 11.4 Å². The van der Waals surface area contributed by atoms with Crippen LogP contribution in [0.15, 0.2) is 18.2 Å². The van der Waals surface area contributed by atoms with Gasteiger partial charge in [0.15, 0.2) is 0 Å². The highest BCUT2D eigenvalue weighted by Crippen LogP contribution is 2.30. The van der Waals surface area contributed by atoms with Crippen molar-refractivity contribution < 1.29 is 4.39 Å². The smallest absolute Gasteiger partial charge is 0.124 e. The molecule has 1 aliphatic rings. The van der Waals surface area contributed by atoms with Crippen molar-refractivity contribution in [1.29, 1.82) is 0 Å². The Hall–Kier alpha value is -1.16. The number of nitrogens with zero attached hydrogens (tertiary/aromatic N) is 1. The van der Waals surface area contributed by atoms with Crippen molar-refractivity contribution in [2.45, 2.75) is 32.2 Å². The minimum absolute atomic E-state index is 0.265. The fraction of sp³-hybridized carbons (Fsp3) is 0.462. The Morgan fingerprint density at radius 3 is 3.00 bits per heavy atom. The number of thiocarbonyl (C=S) groups is 1. The van der Waals surface area contributed by atoms with E-state index in [1.54, 1.807) is 6.07 Å². The summed E-state index contributed by atoms with van der Waals surface area (Å²) in [5, 5.41) is 0. The maximum absolute atomic E-state index is 13.2. The third-order valence-electron chi connectivity index (χ3n) is 3.38. The van der Waals surface area contributed by atoms with Crippen LogP contribution in [0.2, 0.25) is 0 Å². The number of nitrogens with two attached hydrogens (primary N) is 1. The largest absolute Gasteiger partial charge is 0.389 e. The van der Waals surface area contributed by atoms with Gasteiger partial charge in [-0.3, -0.25) is 0 Å². The molecule has 0 bridgehead atoms. The fourth-order valence-electron chi connectivity index (χ4n) is 2.53. The number of halogens is 1. The highest BCUT2D eigenvalue weighted by molar-refractivity contribution is 7.80. The second-order valence-corrected chi connectivity index (χ2v) is 4.86. The lowest BCUT2D eigenvalue weighted by Crippen LogP contribution is -2.30. The van der Waals surface area contributed by atoms with E-state index in [1.807, 2.05) is 0 Å². The summed E-state index contributed by atoms with van der Waals surface area (Å²) >= 11 is 5.00. The molecule has 0 spiro atoms. The zero-order chi connectivity index (χ0) is 12.4. The summed E-state index contributed by atoms with van der Waals surface area (Å²) in [7, 11) is 0. The summed E-state index contributed by atoms with van der Waals surface area (Å²) in [5.41, 5.74) is 7.30. The van der Waals surface area contributed by atoms with Crippen LogP contribution in [0.3, 0.4) is 0 Å². The van der Waals surface area contributed by atoms with E-state index in [0.29, 0.717) is 11.6 Å². The van der Waals surface area contributed by atoms with E-state index in [0.717, 1.165) is 18.7 Å². The molecule has 1 heterocycles. The molecule has 1 saturated heterocycles. The minimum Gasteiger partial charge on any atom is -0.389 e. The summed E-state index contributed by atoms with van der Waals surface area (Å²) < 4.78 is 13.2. The van der Waals surface area contributed by atoms with Gasteiger partial charge in [0.25, 0.3) is 0 Å². The Balaban J connectivity index is 2.40. The molecule has 0 saturated carbocycles. The van der Waals surface area contributed by atoms with Gasteiger partial charge in [-0.1, -0.05) is 19.1 Å². The summed E-state index contributed by atoms with van der Waals surface area (Å²) in [4.78, 5) is 2.56. The van der Waals surface area contributed by atoms with E-state index in [2.05, 4.69) is 11.8 Å². The van der Waals surface area contributed by atoms with Crippen LogP contribution in [0.5, 0.6) is 0 Å². The quantitative estimate of drug-likeness (QED) is 0.839. The molecule has 92 valence electrons. The predicted molar refractivity (Wildman–Crippen MR) is 72.9 cm³/mol. The van der Waals surface area contributed by atoms with Gasteiger partial charge in [-0.25, -0.2) is 4.39 Å². The number of rotatable bonds is 3. The van der Waals surface area contributed by atoms with Crippen molar-refractivity contribution in [3.05, 3.63) is 29.6 Å². The van der Waals surface area contributed by atoms with Crippen LogP contribution in [-0.2, 0) is 0 Å². The SMILES string of the molecule is CCC1CCCN1c1ccc(F)cc1C(N)=S. The molecule has 0 aliphatic carbocycles. The molecule has 1 atom stereocenters. The van der Waals surface area contributed by atoms with Crippen molar-refractivity contribution in [3.8, 4) is 0 Å². The molecule has 0 aromatic heterocycles. The molecule has 1 fully saturated rings. The van der Waals surface area contributed by atoms with Gasteiger partial charge in [0.1, 0.15) is 10.8 Å². The zero-order valence-electron chi connectivity index (χ0n) is 9.95. The topological polar surface area (TPSA) is 29.3 Å². The Bertz CT molecular complexity index is 433. The number of anilines is 1. The monoisotopic (exact) mass is 252 g/mol. The van der Waals surface area contributed by atoms with Crippen LogP contribution in [0.25, 0.3) is 0 Å². The van der Waals surface area contributed by atoms with Gasteiger partial charge < -0.3 is 10.6 Å². The average Bonchev–Trinajstić information content (AvgIpc) is 2.76. The van der Waals surface area contributed by atoms with Crippen molar-refractivity contribution >= 4 is 22.9 Å². The molecule has 2 N–H and O–H groups in total. The molecule has 17 heavy (non-hydrogen) atoms. The van der Waals surface area contributed by atoms with Gasteiger partial charge in [-0.15, -0.1) is 0 Å². The minimum atomic E-state index is -0.288. The lowest BCUT2D eigenvalue weighted by atomic mass is 10.1. The molecule has 1 aromatic carbocycles. The molecular formula is C13H17FN2S. The van der Waals surface area contributed by atoms with Crippen LogP contribution in [0.4, 0.5) is 10.1 Å². The molecule has 2 rings (SSSR count). The second kappa shape index (κ2) is 5.00. The van der Waals surface area contributed by atoms with Crippen LogP contribution in [0.1, 0.15) is 31.7 Å². The number of hydrogen-bond donors (Lipinski definition) is 1. The van der Waals surface area contributed by atoms with Gasteiger partial charge in [-0.05, 0) is 37.5 Å². The van der Waals surface area contributed by atoms with Crippen molar-refractivity contribution in [1.82, 2.24) is 0 Å². The van der Waals surface area contributed by atoms with Gasteiger partial charge in [0, 0.05) is 23.8 Å². The van der Waals surface area contributed by atoms with E-state index in [9.17, 15) is 4.39 Å². The summed E-state index contributed by atoms with van der Waals surface area (Å²) in [6.45, 7) is 3.17. The van der Waals surface area contributed by atoms with E-state index >= 15 is 0 Å².